The van der Waals surface area contributed by atoms with Gasteiger partial charge in [0.2, 0.25) is 0 Å². The number of thiazole rings is 1. The van der Waals surface area contributed by atoms with Crippen molar-refractivity contribution >= 4 is 11.3 Å². The normalized spacial score (nSPS) is 11.6. The van der Waals surface area contributed by atoms with E-state index < -0.39 is 11.7 Å². The predicted molar refractivity (Wildman–Crippen MR) is 81.3 cm³/mol. The number of aromatic hydroxyl groups is 2. The molecule has 0 aliphatic heterocycles. The number of hydrogen-bond donors (Lipinski definition) is 2. The van der Waals surface area contributed by atoms with Crippen LogP contribution in [-0.4, -0.2) is 15.2 Å². The second kappa shape index (κ2) is 5.58. The number of hydrogen-bond acceptors (Lipinski definition) is 4. The molecule has 1 heterocycles. The largest absolute Gasteiger partial charge is 0.504 e. The van der Waals surface area contributed by atoms with Gasteiger partial charge in [0.05, 0.1) is 11.3 Å². The molecule has 1 aromatic heterocycles. The van der Waals surface area contributed by atoms with Crippen molar-refractivity contribution < 1.29 is 23.4 Å². The Labute approximate surface area is 133 Å². The van der Waals surface area contributed by atoms with Crippen molar-refractivity contribution in [1.82, 2.24) is 4.98 Å². The van der Waals surface area contributed by atoms with Crippen LogP contribution in [0.15, 0.2) is 47.8 Å². The second-order valence-corrected chi connectivity index (χ2v) is 5.67. The van der Waals surface area contributed by atoms with Crippen LogP contribution in [0.5, 0.6) is 11.5 Å². The van der Waals surface area contributed by atoms with Crippen LogP contribution in [0.1, 0.15) is 5.56 Å². The lowest BCUT2D eigenvalue weighted by Crippen LogP contribution is -2.03. The maximum Gasteiger partial charge on any atom is 0.416 e. The first-order valence-corrected chi connectivity index (χ1v) is 7.38. The Balaban J connectivity index is 1.91. The molecule has 0 radical (unpaired) electrons. The zero-order chi connectivity index (χ0) is 16.6. The molecule has 7 heteroatoms. The molecular formula is C16H10F3NO2S. The molecule has 0 aliphatic carbocycles. The van der Waals surface area contributed by atoms with E-state index in [4.69, 9.17) is 0 Å². The van der Waals surface area contributed by atoms with E-state index in [-0.39, 0.29) is 11.5 Å². The van der Waals surface area contributed by atoms with Crippen molar-refractivity contribution in [3.8, 4) is 33.3 Å². The summed E-state index contributed by atoms with van der Waals surface area (Å²) in [6.45, 7) is 0. The number of alkyl halides is 3. The Morgan fingerprint density at radius 1 is 0.870 bits per heavy atom. The van der Waals surface area contributed by atoms with Gasteiger partial charge in [-0.15, -0.1) is 11.3 Å². The van der Waals surface area contributed by atoms with Crippen molar-refractivity contribution in [2.24, 2.45) is 0 Å². The Morgan fingerprint density at radius 2 is 1.52 bits per heavy atom. The molecular weight excluding hydrogens is 327 g/mol. The average Bonchev–Trinajstić information content (AvgIpc) is 2.99. The molecule has 3 rings (SSSR count). The van der Waals surface area contributed by atoms with Crippen LogP contribution < -0.4 is 0 Å². The summed E-state index contributed by atoms with van der Waals surface area (Å²) >= 11 is 1.28. The quantitative estimate of drug-likeness (QED) is 0.654. The third-order valence-electron chi connectivity index (χ3n) is 3.23. The molecule has 0 unspecified atom stereocenters. The van der Waals surface area contributed by atoms with Crippen molar-refractivity contribution in [2.45, 2.75) is 6.18 Å². The van der Waals surface area contributed by atoms with E-state index in [1.165, 1.54) is 35.6 Å². The lowest BCUT2D eigenvalue weighted by molar-refractivity contribution is -0.137. The van der Waals surface area contributed by atoms with Gasteiger partial charge in [0.15, 0.2) is 11.5 Å². The summed E-state index contributed by atoms with van der Waals surface area (Å²) in [6, 6.07) is 9.11. The Hall–Kier alpha value is -2.54. The monoisotopic (exact) mass is 337 g/mol. The molecule has 3 nitrogen and oxygen atoms in total. The summed E-state index contributed by atoms with van der Waals surface area (Å²) in [5.41, 5.74) is 1.05. The molecule has 0 fully saturated rings. The molecule has 2 N–H and O–H groups in total. The Kier molecular flexibility index (Phi) is 3.73. The molecule has 3 aromatic rings. The zero-order valence-electron chi connectivity index (χ0n) is 11.5. The highest BCUT2D eigenvalue weighted by atomic mass is 32.1. The van der Waals surface area contributed by atoms with Crippen LogP contribution in [0.25, 0.3) is 21.8 Å². The minimum Gasteiger partial charge on any atom is -0.504 e. The van der Waals surface area contributed by atoms with E-state index >= 15 is 0 Å². The molecule has 0 amide bonds. The lowest BCUT2D eigenvalue weighted by atomic mass is 10.1. The first-order valence-electron chi connectivity index (χ1n) is 6.50. The topological polar surface area (TPSA) is 53.4 Å². The molecule has 118 valence electrons. The molecule has 23 heavy (non-hydrogen) atoms. The van der Waals surface area contributed by atoms with Crippen molar-refractivity contribution in [2.75, 3.05) is 0 Å². The molecule has 0 atom stereocenters. The number of rotatable bonds is 2. The second-order valence-electron chi connectivity index (χ2n) is 4.82. The van der Waals surface area contributed by atoms with E-state index in [2.05, 4.69) is 4.98 Å². The fraction of sp³-hybridized carbons (Fsp3) is 0.0625. The van der Waals surface area contributed by atoms with Crippen LogP contribution in [-0.2, 0) is 6.18 Å². The number of aromatic nitrogens is 1. The molecule has 0 saturated carbocycles. The van der Waals surface area contributed by atoms with Gasteiger partial charge in [-0.1, -0.05) is 12.1 Å². The van der Waals surface area contributed by atoms with Gasteiger partial charge < -0.3 is 10.2 Å². The molecule has 2 aromatic carbocycles. The van der Waals surface area contributed by atoms with Gasteiger partial charge in [-0.2, -0.15) is 13.2 Å². The average molecular weight is 337 g/mol. The molecule has 0 spiro atoms. The lowest BCUT2D eigenvalue weighted by Gasteiger charge is -2.06. The molecule has 0 bridgehead atoms. The standard InChI is InChI=1S/C16H10F3NO2S/c17-16(18,19)11-4-1-9(2-5-11)15-20-12(8-23-15)10-3-6-13(21)14(22)7-10/h1-8,21-22H. The summed E-state index contributed by atoms with van der Waals surface area (Å²) in [7, 11) is 0. The minimum atomic E-state index is -4.36. The summed E-state index contributed by atoms with van der Waals surface area (Å²) in [5, 5.41) is 21.1. The fourth-order valence-electron chi connectivity index (χ4n) is 2.02. The number of nitrogens with zero attached hydrogens (tertiary/aromatic N) is 1. The summed E-state index contributed by atoms with van der Waals surface area (Å²) in [5.74, 6) is -0.487. The van der Waals surface area contributed by atoms with E-state index in [0.29, 0.717) is 21.8 Å². The predicted octanol–water partition coefficient (Wildman–Crippen LogP) is 4.91. The summed E-state index contributed by atoms with van der Waals surface area (Å²) in [4.78, 5) is 4.36. The minimum absolute atomic E-state index is 0.230. The van der Waals surface area contributed by atoms with Crippen LogP contribution >= 0.6 is 11.3 Å². The van der Waals surface area contributed by atoms with Crippen LogP contribution in [0.4, 0.5) is 13.2 Å². The third kappa shape index (κ3) is 3.14. The van der Waals surface area contributed by atoms with Gasteiger partial charge in [0.1, 0.15) is 5.01 Å². The fourth-order valence-corrected chi connectivity index (χ4v) is 2.86. The van der Waals surface area contributed by atoms with Gasteiger partial charge >= 0.3 is 6.18 Å². The van der Waals surface area contributed by atoms with Crippen LogP contribution in [0.2, 0.25) is 0 Å². The number of phenols is 2. The molecule has 0 saturated heterocycles. The highest BCUT2D eigenvalue weighted by molar-refractivity contribution is 7.13. The van der Waals surface area contributed by atoms with Crippen molar-refractivity contribution in [1.29, 1.82) is 0 Å². The van der Waals surface area contributed by atoms with Crippen molar-refractivity contribution in [3.63, 3.8) is 0 Å². The summed E-state index contributed by atoms with van der Waals surface area (Å²) in [6.07, 6.45) is -4.36. The van der Waals surface area contributed by atoms with Gasteiger partial charge in [-0.3, -0.25) is 0 Å². The number of phenolic OH excluding ortho intramolecular Hbond substituents is 2. The first-order chi connectivity index (χ1) is 10.8. The highest BCUT2D eigenvalue weighted by Gasteiger charge is 2.30. The van der Waals surface area contributed by atoms with E-state index in [0.717, 1.165) is 12.1 Å². The SMILES string of the molecule is Oc1ccc(-c2csc(-c3ccc(C(F)(F)F)cc3)n2)cc1O. The Bertz CT molecular complexity index is 841. The number of benzene rings is 2. The van der Waals surface area contributed by atoms with E-state index in [1.54, 1.807) is 11.4 Å². The van der Waals surface area contributed by atoms with Gasteiger partial charge in [-0.05, 0) is 30.3 Å². The Morgan fingerprint density at radius 3 is 2.13 bits per heavy atom. The van der Waals surface area contributed by atoms with Gasteiger partial charge in [0, 0.05) is 16.5 Å². The molecule has 0 aliphatic rings. The third-order valence-corrected chi connectivity index (χ3v) is 4.13. The number of halogens is 3. The maximum absolute atomic E-state index is 12.6. The smallest absolute Gasteiger partial charge is 0.416 e. The highest BCUT2D eigenvalue weighted by Crippen LogP contribution is 2.35. The van der Waals surface area contributed by atoms with Crippen molar-refractivity contribution in [3.05, 3.63) is 53.4 Å². The van der Waals surface area contributed by atoms with Crippen LogP contribution in [0, 0.1) is 0 Å². The summed E-state index contributed by atoms with van der Waals surface area (Å²) < 4.78 is 37.7. The first kappa shape index (κ1) is 15.4. The van der Waals surface area contributed by atoms with Crippen LogP contribution in [0.3, 0.4) is 0 Å². The maximum atomic E-state index is 12.6. The van der Waals surface area contributed by atoms with Gasteiger partial charge in [0.25, 0.3) is 0 Å². The van der Waals surface area contributed by atoms with Gasteiger partial charge in [-0.25, -0.2) is 4.98 Å². The van der Waals surface area contributed by atoms with E-state index in [1.807, 2.05) is 0 Å². The zero-order valence-corrected chi connectivity index (χ0v) is 12.3. The van der Waals surface area contributed by atoms with E-state index in [9.17, 15) is 23.4 Å².